The number of carbonyl (C=O) groups excluding carboxylic acids is 2. The number of ether oxygens (including phenoxy) is 1. The fourth-order valence-electron chi connectivity index (χ4n) is 2.77. The third-order valence-electron chi connectivity index (χ3n) is 4.18. The number of carbonyl (C=O) groups is 2. The number of aryl methyl sites for hydroxylation is 1. The summed E-state index contributed by atoms with van der Waals surface area (Å²) >= 11 is 0. The summed E-state index contributed by atoms with van der Waals surface area (Å²) in [6.45, 7) is 4.05. The Labute approximate surface area is 171 Å². The summed E-state index contributed by atoms with van der Waals surface area (Å²) < 4.78 is 30.6. The molecule has 1 amide bonds. The van der Waals surface area contributed by atoms with Crippen molar-refractivity contribution in [3.63, 3.8) is 0 Å². The number of sulfonamides is 1. The maximum atomic E-state index is 12.3. The summed E-state index contributed by atoms with van der Waals surface area (Å²) in [5, 5.41) is 2.70. The first-order chi connectivity index (χ1) is 13.7. The topological polar surface area (TPSA) is 92.8 Å². The highest BCUT2D eigenvalue weighted by molar-refractivity contribution is 7.92. The van der Waals surface area contributed by atoms with Crippen molar-refractivity contribution in [2.45, 2.75) is 26.7 Å². The van der Waals surface area contributed by atoms with Crippen LogP contribution in [0.3, 0.4) is 0 Å². The van der Waals surface area contributed by atoms with Crippen LogP contribution in [0, 0.1) is 6.92 Å². The molecule has 0 bridgehead atoms. The smallest absolute Gasteiger partial charge is 0.340 e. The summed E-state index contributed by atoms with van der Waals surface area (Å²) in [6, 6.07) is 13.8. The van der Waals surface area contributed by atoms with Crippen LogP contribution < -0.4 is 9.62 Å². The second kappa shape index (κ2) is 10.1. The summed E-state index contributed by atoms with van der Waals surface area (Å²) in [7, 11) is -3.47. The van der Waals surface area contributed by atoms with E-state index in [-0.39, 0.29) is 31.0 Å². The Kier molecular flexibility index (Phi) is 7.78. The van der Waals surface area contributed by atoms with Gasteiger partial charge in [0.1, 0.15) is 0 Å². The van der Waals surface area contributed by atoms with Gasteiger partial charge in [-0.3, -0.25) is 9.10 Å². The highest BCUT2D eigenvalue weighted by Crippen LogP contribution is 2.20. The Morgan fingerprint density at radius 1 is 1.07 bits per heavy atom. The van der Waals surface area contributed by atoms with E-state index in [2.05, 4.69) is 5.32 Å². The minimum absolute atomic E-state index is 0.106. The molecule has 0 fully saturated rings. The average Bonchev–Trinajstić information content (AvgIpc) is 2.66. The maximum Gasteiger partial charge on any atom is 0.340 e. The summed E-state index contributed by atoms with van der Waals surface area (Å²) in [5.41, 5.74) is 2.24. The minimum Gasteiger partial charge on any atom is -0.462 e. The second-order valence-corrected chi connectivity index (χ2v) is 8.50. The Hall–Kier alpha value is -2.87. The van der Waals surface area contributed by atoms with Gasteiger partial charge in [-0.2, -0.15) is 0 Å². The summed E-state index contributed by atoms with van der Waals surface area (Å²) in [5.74, 6) is -0.815. The largest absolute Gasteiger partial charge is 0.462 e. The predicted molar refractivity (Wildman–Crippen MR) is 114 cm³/mol. The van der Waals surface area contributed by atoms with Gasteiger partial charge in [0.25, 0.3) is 0 Å². The molecule has 1 N–H and O–H groups in total. The first-order valence-corrected chi connectivity index (χ1v) is 11.2. The standard InChI is InChI=1S/C21H26N2O5S/c1-4-28-21(25)18-8-5-6-9-19(18)22-20(24)10-7-15-23(29(3,26)27)17-13-11-16(2)12-14-17/h5-6,8-9,11-14H,4,7,10,15H2,1-3H3,(H,22,24). The lowest BCUT2D eigenvalue weighted by atomic mass is 10.1. The Morgan fingerprint density at radius 3 is 2.34 bits per heavy atom. The maximum absolute atomic E-state index is 12.3. The number of benzene rings is 2. The molecule has 0 aliphatic heterocycles. The van der Waals surface area contributed by atoms with Crippen LogP contribution in [0.2, 0.25) is 0 Å². The monoisotopic (exact) mass is 418 g/mol. The van der Waals surface area contributed by atoms with Crippen molar-refractivity contribution in [2.24, 2.45) is 0 Å². The van der Waals surface area contributed by atoms with E-state index in [0.717, 1.165) is 11.8 Å². The van der Waals surface area contributed by atoms with E-state index in [1.807, 2.05) is 19.1 Å². The van der Waals surface area contributed by atoms with Crippen LogP contribution in [0.1, 0.15) is 35.7 Å². The summed E-state index contributed by atoms with van der Waals surface area (Å²) in [6.07, 6.45) is 1.58. The van der Waals surface area contributed by atoms with Crippen molar-refractivity contribution >= 4 is 33.3 Å². The van der Waals surface area contributed by atoms with Gasteiger partial charge in [0.2, 0.25) is 15.9 Å². The molecule has 0 saturated heterocycles. The first kappa shape index (κ1) is 22.4. The van der Waals surface area contributed by atoms with E-state index in [4.69, 9.17) is 4.74 Å². The number of rotatable bonds is 9. The molecule has 156 valence electrons. The van der Waals surface area contributed by atoms with Gasteiger partial charge in [-0.25, -0.2) is 13.2 Å². The van der Waals surface area contributed by atoms with Crippen LogP contribution in [-0.2, 0) is 19.6 Å². The Morgan fingerprint density at radius 2 is 1.72 bits per heavy atom. The zero-order chi connectivity index (χ0) is 21.4. The molecule has 0 atom stereocenters. The molecule has 29 heavy (non-hydrogen) atoms. The van der Waals surface area contributed by atoms with Crippen LogP contribution in [0.4, 0.5) is 11.4 Å². The molecule has 2 rings (SSSR count). The van der Waals surface area contributed by atoms with Gasteiger partial charge in [0, 0.05) is 13.0 Å². The molecule has 0 aliphatic carbocycles. The highest BCUT2D eigenvalue weighted by atomic mass is 32.2. The zero-order valence-electron chi connectivity index (χ0n) is 16.8. The SMILES string of the molecule is CCOC(=O)c1ccccc1NC(=O)CCCN(c1ccc(C)cc1)S(C)(=O)=O. The number of esters is 1. The quantitative estimate of drug-likeness (QED) is 0.631. The van der Waals surface area contributed by atoms with E-state index in [1.165, 1.54) is 4.31 Å². The summed E-state index contributed by atoms with van der Waals surface area (Å²) in [4.78, 5) is 24.3. The van der Waals surface area contributed by atoms with Crippen molar-refractivity contribution in [2.75, 3.05) is 29.0 Å². The molecule has 0 spiro atoms. The van der Waals surface area contributed by atoms with Crippen LogP contribution >= 0.6 is 0 Å². The number of anilines is 2. The molecule has 0 unspecified atom stereocenters. The lowest BCUT2D eigenvalue weighted by Gasteiger charge is -2.22. The molecular formula is C21H26N2O5S. The fourth-order valence-corrected chi connectivity index (χ4v) is 3.74. The number of nitrogens with one attached hydrogen (secondary N) is 1. The third-order valence-corrected chi connectivity index (χ3v) is 5.38. The van der Waals surface area contributed by atoms with E-state index in [1.54, 1.807) is 43.3 Å². The minimum atomic E-state index is -3.47. The Bertz CT molecular complexity index is 955. The number of hydrogen-bond acceptors (Lipinski definition) is 5. The van der Waals surface area contributed by atoms with Gasteiger partial charge in [-0.05, 0) is 44.5 Å². The number of nitrogens with zero attached hydrogens (tertiary/aromatic N) is 1. The molecule has 0 aliphatic rings. The van der Waals surface area contributed by atoms with Gasteiger partial charge < -0.3 is 10.1 Å². The third kappa shape index (κ3) is 6.60. The van der Waals surface area contributed by atoms with Crippen LogP contribution in [0.25, 0.3) is 0 Å². The first-order valence-electron chi connectivity index (χ1n) is 9.32. The van der Waals surface area contributed by atoms with E-state index in [0.29, 0.717) is 17.8 Å². The average molecular weight is 419 g/mol. The lowest BCUT2D eigenvalue weighted by molar-refractivity contribution is -0.116. The van der Waals surface area contributed by atoms with Gasteiger partial charge in [-0.1, -0.05) is 29.8 Å². The van der Waals surface area contributed by atoms with Crippen LogP contribution in [0.15, 0.2) is 48.5 Å². The van der Waals surface area contributed by atoms with Gasteiger partial charge >= 0.3 is 5.97 Å². The fraction of sp³-hybridized carbons (Fsp3) is 0.333. The normalized spacial score (nSPS) is 11.0. The van der Waals surface area contributed by atoms with Crippen molar-refractivity contribution in [1.29, 1.82) is 0 Å². The molecule has 0 radical (unpaired) electrons. The van der Waals surface area contributed by atoms with Gasteiger partial charge in [0.05, 0.1) is 29.8 Å². The number of para-hydroxylation sites is 1. The van der Waals surface area contributed by atoms with Crippen molar-refractivity contribution < 1.29 is 22.7 Å². The molecule has 0 heterocycles. The van der Waals surface area contributed by atoms with E-state index < -0.39 is 16.0 Å². The van der Waals surface area contributed by atoms with E-state index >= 15 is 0 Å². The van der Waals surface area contributed by atoms with Gasteiger partial charge in [-0.15, -0.1) is 0 Å². The van der Waals surface area contributed by atoms with Crippen LogP contribution in [-0.4, -0.2) is 39.7 Å². The molecule has 0 aromatic heterocycles. The molecule has 0 saturated carbocycles. The highest BCUT2D eigenvalue weighted by Gasteiger charge is 2.18. The lowest BCUT2D eigenvalue weighted by Crippen LogP contribution is -2.31. The molecule has 2 aromatic carbocycles. The Balaban J connectivity index is 2.00. The van der Waals surface area contributed by atoms with Crippen molar-refractivity contribution in [1.82, 2.24) is 0 Å². The zero-order valence-corrected chi connectivity index (χ0v) is 17.7. The van der Waals surface area contributed by atoms with Gasteiger partial charge in [0.15, 0.2) is 0 Å². The van der Waals surface area contributed by atoms with Crippen LogP contribution in [0.5, 0.6) is 0 Å². The number of amides is 1. The van der Waals surface area contributed by atoms with Crippen molar-refractivity contribution in [3.05, 3.63) is 59.7 Å². The molecular weight excluding hydrogens is 392 g/mol. The molecule has 2 aromatic rings. The van der Waals surface area contributed by atoms with E-state index in [9.17, 15) is 18.0 Å². The second-order valence-electron chi connectivity index (χ2n) is 6.59. The number of hydrogen-bond donors (Lipinski definition) is 1. The molecule has 8 heteroatoms. The molecule has 7 nitrogen and oxygen atoms in total. The van der Waals surface area contributed by atoms with Crippen molar-refractivity contribution in [3.8, 4) is 0 Å². The predicted octanol–water partition coefficient (Wildman–Crippen LogP) is 3.36.